The Kier molecular flexibility index (Phi) is 5.20. The molecule has 0 aliphatic rings. The fourth-order valence-electron chi connectivity index (χ4n) is 2.64. The Balaban J connectivity index is 1.92. The lowest BCUT2D eigenvalue weighted by molar-refractivity contribution is -0.151. The molecular weight excluding hydrogens is 377 g/mol. The van der Waals surface area contributed by atoms with Gasteiger partial charge in [-0.2, -0.15) is 0 Å². The van der Waals surface area contributed by atoms with Crippen molar-refractivity contribution < 1.29 is 19.1 Å². The predicted molar refractivity (Wildman–Crippen MR) is 99.6 cm³/mol. The summed E-state index contributed by atoms with van der Waals surface area (Å²) in [5.41, 5.74) is 1.60. The molecule has 5 nitrogen and oxygen atoms in total. The topological polar surface area (TPSA) is 57.5 Å². The van der Waals surface area contributed by atoms with Crippen LogP contribution in [0.1, 0.15) is 22.0 Å². The fourth-order valence-corrected chi connectivity index (χ4v) is 3.15. The first-order chi connectivity index (χ1) is 12.4. The van der Waals surface area contributed by atoms with Crippen LogP contribution in [-0.2, 0) is 21.3 Å². The molecule has 0 aliphatic carbocycles. The Morgan fingerprint density at radius 1 is 1.08 bits per heavy atom. The van der Waals surface area contributed by atoms with Crippen LogP contribution >= 0.6 is 23.2 Å². The molecule has 1 heterocycles. The molecule has 7 heteroatoms. The summed E-state index contributed by atoms with van der Waals surface area (Å²) in [6, 6.07) is 11.6. The number of benzene rings is 2. The Morgan fingerprint density at radius 3 is 2.54 bits per heavy atom. The molecule has 0 saturated heterocycles. The molecule has 0 fully saturated rings. The van der Waals surface area contributed by atoms with Gasteiger partial charge in [0.15, 0.2) is 0 Å². The number of rotatable bonds is 4. The lowest BCUT2D eigenvalue weighted by Crippen LogP contribution is -2.21. The van der Waals surface area contributed by atoms with Crippen molar-refractivity contribution >= 4 is 46.0 Å². The van der Waals surface area contributed by atoms with Gasteiger partial charge in [0, 0.05) is 39.8 Å². The molecule has 0 aliphatic heterocycles. The first-order valence-corrected chi connectivity index (χ1v) is 8.45. The fraction of sp³-hybridized carbons (Fsp3) is 0.158. The molecule has 3 aromatic rings. The van der Waals surface area contributed by atoms with Crippen LogP contribution in [0.3, 0.4) is 0 Å². The van der Waals surface area contributed by atoms with Gasteiger partial charge in [0.1, 0.15) is 0 Å². The summed E-state index contributed by atoms with van der Waals surface area (Å²) in [5.74, 6) is -1.39. The van der Waals surface area contributed by atoms with Gasteiger partial charge in [-0.1, -0.05) is 29.3 Å². The van der Waals surface area contributed by atoms with E-state index >= 15 is 0 Å². The number of fused-ring (bicyclic) bond motifs is 1. The average molecular weight is 392 g/mol. The summed E-state index contributed by atoms with van der Waals surface area (Å²) in [6.45, 7) is 0. The van der Waals surface area contributed by atoms with E-state index in [9.17, 15) is 9.59 Å². The standard InChI is InChI=1S/C19H15Cl2NO4/c1-22-8-7-11-9-12(3-6-16(11)22)18(23)26-17(19(24)25-2)14-5-4-13(20)10-15(14)21/h3-10,17H,1-2H3. The Hall–Kier alpha value is -2.50. The number of aryl methyl sites for hydroxylation is 1. The largest absolute Gasteiger partial charge is 0.466 e. The first-order valence-electron chi connectivity index (χ1n) is 7.69. The summed E-state index contributed by atoms with van der Waals surface area (Å²) in [4.78, 5) is 24.7. The molecule has 0 amide bonds. The molecule has 0 spiro atoms. The van der Waals surface area contributed by atoms with Crippen molar-refractivity contribution in [2.24, 2.45) is 7.05 Å². The molecule has 0 N–H and O–H groups in total. The molecule has 0 radical (unpaired) electrons. The average Bonchev–Trinajstić information content (AvgIpc) is 3.00. The van der Waals surface area contributed by atoms with Gasteiger partial charge in [0.2, 0.25) is 6.10 Å². The van der Waals surface area contributed by atoms with Crippen molar-refractivity contribution in [1.82, 2.24) is 4.57 Å². The van der Waals surface area contributed by atoms with Crippen LogP contribution in [-0.4, -0.2) is 23.6 Å². The van der Waals surface area contributed by atoms with Gasteiger partial charge in [-0.25, -0.2) is 9.59 Å². The normalized spacial score (nSPS) is 12.0. The molecular formula is C19H15Cl2NO4. The minimum atomic E-state index is -1.29. The van der Waals surface area contributed by atoms with Gasteiger partial charge in [-0.05, 0) is 36.4 Å². The van der Waals surface area contributed by atoms with Crippen LogP contribution in [0.15, 0.2) is 48.7 Å². The predicted octanol–water partition coefficient (Wildman–Crippen LogP) is 4.56. The molecule has 0 saturated carbocycles. The third-order valence-corrected chi connectivity index (χ3v) is 4.57. The van der Waals surface area contributed by atoms with E-state index in [0.717, 1.165) is 10.9 Å². The SMILES string of the molecule is COC(=O)C(OC(=O)c1ccc2c(ccn2C)c1)c1ccc(Cl)cc1Cl. The van der Waals surface area contributed by atoms with E-state index < -0.39 is 18.0 Å². The number of methoxy groups -OCH3 is 1. The summed E-state index contributed by atoms with van der Waals surface area (Å²) in [5, 5.41) is 1.50. The zero-order valence-corrected chi connectivity index (χ0v) is 15.5. The Bertz CT molecular complexity index is 996. The highest BCUT2D eigenvalue weighted by molar-refractivity contribution is 6.35. The summed E-state index contributed by atoms with van der Waals surface area (Å²) >= 11 is 12.0. The zero-order chi connectivity index (χ0) is 18.8. The molecule has 134 valence electrons. The Morgan fingerprint density at radius 2 is 1.85 bits per heavy atom. The lowest BCUT2D eigenvalue weighted by atomic mass is 10.1. The van der Waals surface area contributed by atoms with Crippen LogP contribution in [0, 0.1) is 0 Å². The van der Waals surface area contributed by atoms with Crippen LogP contribution in [0.4, 0.5) is 0 Å². The van der Waals surface area contributed by atoms with E-state index in [4.69, 9.17) is 32.7 Å². The number of hydrogen-bond acceptors (Lipinski definition) is 4. The van der Waals surface area contributed by atoms with Gasteiger partial charge in [0.05, 0.1) is 12.7 Å². The van der Waals surface area contributed by atoms with Gasteiger partial charge in [0.25, 0.3) is 0 Å². The lowest BCUT2D eigenvalue weighted by Gasteiger charge is -2.17. The van der Waals surface area contributed by atoms with Gasteiger partial charge < -0.3 is 14.0 Å². The number of hydrogen-bond donors (Lipinski definition) is 0. The maximum atomic E-state index is 12.6. The summed E-state index contributed by atoms with van der Waals surface area (Å²) in [6.07, 6.45) is 0.605. The minimum Gasteiger partial charge on any atom is -0.466 e. The van der Waals surface area contributed by atoms with E-state index in [1.165, 1.54) is 19.2 Å². The maximum Gasteiger partial charge on any atom is 0.352 e. The third kappa shape index (κ3) is 3.54. The van der Waals surface area contributed by atoms with Gasteiger partial charge in [-0.3, -0.25) is 0 Å². The van der Waals surface area contributed by atoms with Crippen molar-refractivity contribution in [1.29, 1.82) is 0 Å². The minimum absolute atomic E-state index is 0.208. The smallest absolute Gasteiger partial charge is 0.352 e. The van der Waals surface area contributed by atoms with Crippen molar-refractivity contribution in [3.63, 3.8) is 0 Å². The van der Waals surface area contributed by atoms with E-state index in [-0.39, 0.29) is 5.02 Å². The first kappa shape index (κ1) is 18.3. The monoisotopic (exact) mass is 391 g/mol. The molecule has 1 unspecified atom stereocenters. The maximum absolute atomic E-state index is 12.6. The Labute approximate surface area is 160 Å². The van der Waals surface area contributed by atoms with Crippen LogP contribution < -0.4 is 0 Å². The van der Waals surface area contributed by atoms with Crippen LogP contribution in [0.25, 0.3) is 10.9 Å². The van der Waals surface area contributed by atoms with Crippen molar-refractivity contribution in [3.05, 3.63) is 69.8 Å². The number of aromatic nitrogens is 1. The number of halogens is 2. The number of ether oxygens (including phenoxy) is 2. The molecule has 3 rings (SSSR count). The van der Waals surface area contributed by atoms with Crippen LogP contribution in [0.2, 0.25) is 10.0 Å². The van der Waals surface area contributed by atoms with E-state index in [2.05, 4.69) is 0 Å². The molecule has 2 aromatic carbocycles. The van der Waals surface area contributed by atoms with E-state index in [1.54, 1.807) is 18.2 Å². The van der Waals surface area contributed by atoms with E-state index in [1.807, 2.05) is 29.9 Å². The molecule has 1 aromatic heterocycles. The molecule has 1 atom stereocenters. The molecule has 26 heavy (non-hydrogen) atoms. The number of nitrogens with zero attached hydrogens (tertiary/aromatic N) is 1. The second-order valence-corrected chi connectivity index (χ2v) is 6.52. The number of esters is 2. The highest BCUT2D eigenvalue weighted by Crippen LogP contribution is 2.30. The van der Waals surface area contributed by atoms with Crippen molar-refractivity contribution in [2.75, 3.05) is 7.11 Å². The number of carbonyl (C=O) groups is 2. The summed E-state index contributed by atoms with van der Waals surface area (Å²) in [7, 11) is 3.12. The van der Waals surface area contributed by atoms with E-state index in [0.29, 0.717) is 16.1 Å². The van der Waals surface area contributed by atoms with Gasteiger partial charge in [-0.15, -0.1) is 0 Å². The highest BCUT2D eigenvalue weighted by Gasteiger charge is 2.28. The van der Waals surface area contributed by atoms with Crippen molar-refractivity contribution in [2.45, 2.75) is 6.10 Å². The quantitative estimate of drug-likeness (QED) is 0.611. The second-order valence-electron chi connectivity index (χ2n) is 5.67. The number of carbonyl (C=O) groups excluding carboxylic acids is 2. The summed E-state index contributed by atoms with van der Waals surface area (Å²) < 4.78 is 12.1. The highest BCUT2D eigenvalue weighted by atomic mass is 35.5. The molecule has 0 bridgehead atoms. The van der Waals surface area contributed by atoms with Crippen LogP contribution in [0.5, 0.6) is 0 Å². The zero-order valence-electron chi connectivity index (χ0n) is 14.0. The third-order valence-electron chi connectivity index (χ3n) is 4.01. The van der Waals surface area contributed by atoms with Gasteiger partial charge >= 0.3 is 11.9 Å². The van der Waals surface area contributed by atoms with Crippen molar-refractivity contribution in [3.8, 4) is 0 Å². The second kappa shape index (κ2) is 7.40.